The van der Waals surface area contributed by atoms with Gasteiger partial charge < -0.3 is 0 Å². The normalized spacial score (nSPS) is 10.4. The Morgan fingerprint density at radius 1 is 1.29 bits per heavy atom. The van der Waals surface area contributed by atoms with Crippen LogP contribution in [0.2, 0.25) is 0 Å². The van der Waals surface area contributed by atoms with E-state index in [1.807, 2.05) is 0 Å². The summed E-state index contributed by atoms with van der Waals surface area (Å²) < 4.78 is 29.8. The van der Waals surface area contributed by atoms with E-state index < -0.39 is 25.6 Å². The van der Waals surface area contributed by atoms with E-state index in [0.717, 1.165) is 12.1 Å². The summed E-state index contributed by atoms with van der Waals surface area (Å²) >= 11 is 0. The van der Waals surface area contributed by atoms with Crippen LogP contribution in [0.25, 0.3) is 0 Å². The van der Waals surface area contributed by atoms with Crippen molar-refractivity contribution in [3.63, 3.8) is 0 Å². The van der Waals surface area contributed by atoms with Gasteiger partial charge in [-0.3, -0.25) is 14.7 Å². The molecule has 0 heterocycles. The third-order valence-corrected chi connectivity index (χ3v) is 2.24. The Morgan fingerprint density at radius 3 is 2.14 bits per heavy atom. The number of hydrogen-bond donors (Lipinski definition) is 1. The molecule has 0 fully saturated rings. The SMILES string of the molecule is O=[N+]([O-])c1ccccc1S(=O)(=O)O.[Fe]. The Bertz CT molecular complexity index is 443. The number of nitro groups is 1. The first-order valence-electron chi connectivity index (χ1n) is 3.14. The first kappa shape index (κ1) is 13.0. The molecule has 6 nitrogen and oxygen atoms in total. The van der Waals surface area contributed by atoms with Crippen LogP contribution in [0.1, 0.15) is 0 Å². The van der Waals surface area contributed by atoms with Gasteiger partial charge in [0.15, 0.2) is 4.90 Å². The number of nitro benzene ring substituents is 1. The maximum atomic E-state index is 10.6. The number of nitrogens with zero attached hydrogens (tertiary/aromatic N) is 1. The third-order valence-electron chi connectivity index (χ3n) is 1.34. The molecule has 78 valence electrons. The van der Waals surface area contributed by atoms with Gasteiger partial charge in [0.25, 0.3) is 5.69 Å². The molecule has 0 aliphatic rings. The van der Waals surface area contributed by atoms with Crippen molar-refractivity contribution in [2.45, 2.75) is 4.90 Å². The number of hydrogen-bond acceptors (Lipinski definition) is 4. The van der Waals surface area contributed by atoms with E-state index in [1.165, 1.54) is 12.1 Å². The molecule has 1 aromatic carbocycles. The topological polar surface area (TPSA) is 97.5 Å². The molecule has 0 amide bonds. The fraction of sp³-hybridized carbons (Fsp3) is 0. The van der Waals surface area contributed by atoms with Gasteiger partial charge in [-0.1, -0.05) is 12.1 Å². The van der Waals surface area contributed by atoms with Crippen molar-refractivity contribution in [1.82, 2.24) is 0 Å². The molecule has 0 aromatic heterocycles. The van der Waals surface area contributed by atoms with Crippen molar-refractivity contribution in [1.29, 1.82) is 0 Å². The van der Waals surface area contributed by atoms with E-state index in [2.05, 4.69) is 0 Å². The molecule has 0 bridgehead atoms. The van der Waals surface area contributed by atoms with Crippen LogP contribution in [0.5, 0.6) is 0 Å². The first-order chi connectivity index (χ1) is 5.93. The molecule has 0 saturated heterocycles. The van der Waals surface area contributed by atoms with Crippen LogP contribution in [0.4, 0.5) is 5.69 Å². The largest absolute Gasteiger partial charge is 0.301 e. The van der Waals surface area contributed by atoms with Gasteiger partial charge in [-0.25, -0.2) is 0 Å². The van der Waals surface area contributed by atoms with Crippen molar-refractivity contribution >= 4 is 15.8 Å². The van der Waals surface area contributed by atoms with Gasteiger partial charge in [0.2, 0.25) is 0 Å². The predicted molar refractivity (Wildman–Crippen MR) is 42.9 cm³/mol. The second kappa shape index (κ2) is 4.52. The number of rotatable bonds is 2. The Labute approximate surface area is 90.3 Å². The van der Waals surface area contributed by atoms with Crippen molar-refractivity contribution in [3.8, 4) is 0 Å². The minimum Gasteiger partial charge on any atom is -0.282 e. The molecule has 1 rings (SSSR count). The van der Waals surface area contributed by atoms with Crippen LogP contribution in [0.15, 0.2) is 29.2 Å². The van der Waals surface area contributed by atoms with Crippen LogP contribution in [0, 0.1) is 10.1 Å². The Balaban J connectivity index is 0.00000169. The number of benzene rings is 1. The van der Waals surface area contributed by atoms with Crippen LogP contribution in [0.3, 0.4) is 0 Å². The van der Waals surface area contributed by atoms with E-state index in [-0.39, 0.29) is 17.1 Å². The maximum Gasteiger partial charge on any atom is 0.301 e. The van der Waals surface area contributed by atoms with Crippen LogP contribution in [-0.4, -0.2) is 17.9 Å². The maximum absolute atomic E-state index is 10.6. The van der Waals surface area contributed by atoms with E-state index in [1.54, 1.807) is 0 Å². The molecule has 0 radical (unpaired) electrons. The molecule has 8 heteroatoms. The zero-order valence-corrected chi connectivity index (χ0v) is 8.52. The summed E-state index contributed by atoms with van der Waals surface area (Å²) in [4.78, 5) is 8.73. The summed E-state index contributed by atoms with van der Waals surface area (Å²) in [6, 6.07) is 4.57. The van der Waals surface area contributed by atoms with Gasteiger partial charge in [0.05, 0.1) is 4.92 Å². The third kappa shape index (κ3) is 2.78. The molecule has 1 N–H and O–H groups in total. The number of para-hydroxylation sites is 1. The molecular formula is C6H5FeNO5S. The second-order valence-electron chi connectivity index (χ2n) is 2.20. The minimum absolute atomic E-state index is 0. The molecular weight excluding hydrogens is 254 g/mol. The average molecular weight is 259 g/mol. The van der Waals surface area contributed by atoms with Crippen molar-refractivity contribution in [3.05, 3.63) is 34.4 Å². The van der Waals surface area contributed by atoms with E-state index in [9.17, 15) is 18.5 Å². The minimum atomic E-state index is -4.52. The van der Waals surface area contributed by atoms with Gasteiger partial charge in [0, 0.05) is 23.1 Å². The zero-order chi connectivity index (χ0) is 10.1. The Hall–Kier alpha value is -0.951. The second-order valence-corrected chi connectivity index (χ2v) is 3.59. The molecule has 0 spiro atoms. The van der Waals surface area contributed by atoms with Gasteiger partial charge in [-0.2, -0.15) is 8.42 Å². The summed E-state index contributed by atoms with van der Waals surface area (Å²) in [6.07, 6.45) is 0. The quantitative estimate of drug-likeness (QED) is 0.367. The van der Waals surface area contributed by atoms with E-state index in [0.29, 0.717) is 0 Å². The first-order valence-corrected chi connectivity index (χ1v) is 4.58. The molecule has 1 aromatic rings. The monoisotopic (exact) mass is 259 g/mol. The predicted octanol–water partition coefficient (Wildman–Crippen LogP) is 0.839. The van der Waals surface area contributed by atoms with Crippen LogP contribution in [-0.2, 0) is 27.2 Å². The van der Waals surface area contributed by atoms with Crippen molar-refractivity contribution in [2.24, 2.45) is 0 Å². The smallest absolute Gasteiger partial charge is 0.282 e. The summed E-state index contributed by atoms with van der Waals surface area (Å²) in [5, 5.41) is 10.3. The van der Waals surface area contributed by atoms with Gasteiger partial charge >= 0.3 is 10.1 Å². The summed E-state index contributed by atoms with van der Waals surface area (Å²) in [6.45, 7) is 0. The summed E-state index contributed by atoms with van der Waals surface area (Å²) in [7, 11) is -4.52. The van der Waals surface area contributed by atoms with Crippen molar-refractivity contribution in [2.75, 3.05) is 0 Å². The van der Waals surface area contributed by atoms with Crippen LogP contribution < -0.4 is 0 Å². The fourth-order valence-corrected chi connectivity index (χ4v) is 1.48. The van der Waals surface area contributed by atoms with Gasteiger partial charge in [-0.05, 0) is 6.07 Å². The zero-order valence-electron chi connectivity index (χ0n) is 6.60. The molecule has 0 atom stereocenters. The van der Waals surface area contributed by atoms with E-state index >= 15 is 0 Å². The van der Waals surface area contributed by atoms with E-state index in [4.69, 9.17) is 4.55 Å². The molecule has 0 saturated carbocycles. The van der Waals surface area contributed by atoms with Crippen LogP contribution >= 0.6 is 0 Å². The standard InChI is InChI=1S/C6H5NO5S.Fe/c8-7(9)5-3-1-2-4-6(5)13(10,11)12;/h1-4H,(H,10,11,12);. The van der Waals surface area contributed by atoms with Gasteiger partial charge in [-0.15, -0.1) is 0 Å². The summed E-state index contributed by atoms with van der Waals surface area (Å²) in [5.41, 5.74) is -0.634. The Morgan fingerprint density at radius 2 is 1.79 bits per heavy atom. The molecule has 14 heavy (non-hydrogen) atoms. The van der Waals surface area contributed by atoms with Gasteiger partial charge in [0.1, 0.15) is 0 Å². The van der Waals surface area contributed by atoms with Crippen molar-refractivity contribution < 1.29 is 35.0 Å². The average Bonchev–Trinajstić information content (AvgIpc) is 2.03. The summed E-state index contributed by atoms with van der Waals surface area (Å²) in [5.74, 6) is 0. The Kier molecular flexibility index (Phi) is 4.21. The molecule has 0 aliphatic carbocycles. The molecule has 0 aliphatic heterocycles. The molecule has 0 unspecified atom stereocenters. The fourth-order valence-electron chi connectivity index (χ4n) is 0.826.